The molecule has 0 bridgehead atoms. The zero-order valence-corrected chi connectivity index (χ0v) is 10.5. The van der Waals surface area contributed by atoms with Gasteiger partial charge in [0, 0.05) is 9.86 Å². The standard InChI is InChI=1S/C12H13BrN2/c1-3-5-11-9-6-4-7-10(13)12(9)15-8(2)14-11/h4,6-7H,3,5H2,1-2H3. The van der Waals surface area contributed by atoms with Gasteiger partial charge in [-0.1, -0.05) is 25.5 Å². The summed E-state index contributed by atoms with van der Waals surface area (Å²) in [6.45, 7) is 4.11. The highest BCUT2D eigenvalue weighted by Gasteiger charge is 2.06. The molecule has 0 saturated carbocycles. The van der Waals surface area contributed by atoms with Gasteiger partial charge < -0.3 is 0 Å². The lowest BCUT2D eigenvalue weighted by atomic mass is 10.1. The lowest BCUT2D eigenvalue weighted by molar-refractivity contribution is 0.873. The number of hydrogen-bond acceptors (Lipinski definition) is 2. The molecule has 2 nitrogen and oxygen atoms in total. The van der Waals surface area contributed by atoms with Gasteiger partial charge in [-0.2, -0.15) is 0 Å². The molecule has 1 aromatic heterocycles. The molecule has 0 aliphatic rings. The summed E-state index contributed by atoms with van der Waals surface area (Å²) < 4.78 is 1.04. The van der Waals surface area contributed by atoms with E-state index in [2.05, 4.69) is 38.9 Å². The van der Waals surface area contributed by atoms with Gasteiger partial charge in [0.2, 0.25) is 0 Å². The van der Waals surface area contributed by atoms with Gasteiger partial charge in [-0.05, 0) is 35.3 Å². The van der Waals surface area contributed by atoms with Crippen LogP contribution in [0.2, 0.25) is 0 Å². The van der Waals surface area contributed by atoms with Crippen molar-refractivity contribution in [2.45, 2.75) is 26.7 Å². The van der Waals surface area contributed by atoms with Crippen molar-refractivity contribution in [1.82, 2.24) is 9.97 Å². The maximum atomic E-state index is 4.50. The Kier molecular flexibility index (Phi) is 3.00. The summed E-state index contributed by atoms with van der Waals surface area (Å²) in [5.41, 5.74) is 2.18. The Morgan fingerprint density at radius 3 is 2.80 bits per heavy atom. The molecule has 0 saturated heterocycles. The largest absolute Gasteiger partial charge is 0.238 e. The van der Waals surface area contributed by atoms with E-state index in [-0.39, 0.29) is 0 Å². The van der Waals surface area contributed by atoms with Crippen molar-refractivity contribution in [3.8, 4) is 0 Å². The summed E-state index contributed by atoms with van der Waals surface area (Å²) in [7, 11) is 0. The minimum atomic E-state index is 0.845. The van der Waals surface area contributed by atoms with Crippen LogP contribution in [-0.2, 0) is 6.42 Å². The fraction of sp³-hybridized carbons (Fsp3) is 0.333. The van der Waals surface area contributed by atoms with Crippen LogP contribution in [0.25, 0.3) is 10.9 Å². The molecule has 0 N–H and O–H groups in total. The molecule has 2 rings (SSSR count). The minimum absolute atomic E-state index is 0.845. The SMILES string of the molecule is CCCc1nc(C)nc2c(Br)cccc12. The van der Waals surface area contributed by atoms with E-state index in [1.54, 1.807) is 0 Å². The van der Waals surface area contributed by atoms with Crippen LogP contribution < -0.4 is 0 Å². The molecule has 0 aliphatic carbocycles. The molecule has 0 unspecified atom stereocenters. The van der Waals surface area contributed by atoms with Gasteiger partial charge in [0.1, 0.15) is 5.82 Å². The lowest BCUT2D eigenvalue weighted by Crippen LogP contribution is -1.97. The highest BCUT2D eigenvalue weighted by atomic mass is 79.9. The first-order valence-corrected chi connectivity index (χ1v) is 5.93. The van der Waals surface area contributed by atoms with E-state index >= 15 is 0 Å². The molecule has 0 aliphatic heterocycles. The fourth-order valence-corrected chi connectivity index (χ4v) is 2.19. The molecule has 1 aromatic carbocycles. The lowest BCUT2D eigenvalue weighted by Gasteiger charge is -2.06. The van der Waals surface area contributed by atoms with E-state index in [1.807, 2.05) is 19.1 Å². The van der Waals surface area contributed by atoms with E-state index in [0.29, 0.717) is 0 Å². The zero-order valence-electron chi connectivity index (χ0n) is 8.92. The molecule has 0 spiro atoms. The van der Waals surface area contributed by atoms with Crippen LogP contribution in [-0.4, -0.2) is 9.97 Å². The summed E-state index contributed by atoms with van der Waals surface area (Å²) in [6.07, 6.45) is 2.12. The van der Waals surface area contributed by atoms with Crippen molar-refractivity contribution in [2.24, 2.45) is 0 Å². The van der Waals surface area contributed by atoms with E-state index < -0.39 is 0 Å². The normalized spacial score (nSPS) is 10.9. The first-order valence-electron chi connectivity index (χ1n) is 5.14. The van der Waals surface area contributed by atoms with E-state index in [4.69, 9.17) is 0 Å². The molecular formula is C12H13BrN2. The monoisotopic (exact) mass is 264 g/mol. The highest BCUT2D eigenvalue weighted by molar-refractivity contribution is 9.10. The van der Waals surface area contributed by atoms with Crippen LogP contribution in [0, 0.1) is 6.92 Å². The Labute approximate surface area is 97.9 Å². The summed E-state index contributed by atoms with van der Waals surface area (Å²) in [5.74, 6) is 0.845. The number of halogens is 1. The number of aromatic nitrogens is 2. The van der Waals surface area contributed by atoms with Crippen LogP contribution in [0.1, 0.15) is 24.9 Å². The first kappa shape index (κ1) is 10.6. The molecule has 0 fully saturated rings. The Morgan fingerprint density at radius 2 is 2.07 bits per heavy atom. The molecule has 15 heavy (non-hydrogen) atoms. The van der Waals surface area contributed by atoms with Gasteiger partial charge in [-0.3, -0.25) is 0 Å². The smallest absolute Gasteiger partial charge is 0.126 e. The molecule has 0 atom stereocenters. The summed E-state index contributed by atoms with van der Waals surface area (Å²) in [4.78, 5) is 8.96. The number of hydrogen-bond donors (Lipinski definition) is 0. The number of rotatable bonds is 2. The maximum absolute atomic E-state index is 4.50. The van der Waals surface area contributed by atoms with Crippen molar-refractivity contribution in [2.75, 3.05) is 0 Å². The fourth-order valence-electron chi connectivity index (χ4n) is 1.73. The second-order valence-corrected chi connectivity index (χ2v) is 4.46. The molecule has 1 heterocycles. The van der Waals surface area contributed by atoms with Crippen LogP contribution in [0.4, 0.5) is 0 Å². The third-order valence-electron chi connectivity index (χ3n) is 2.35. The number of nitrogens with zero attached hydrogens (tertiary/aromatic N) is 2. The average Bonchev–Trinajstić information content (AvgIpc) is 2.20. The van der Waals surface area contributed by atoms with Gasteiger partial charge in [0.15, 0.2) is 0 Å². The Morgan fingerprint density at radius 1 is 1.27 bits per heavy atom. The average molecular weight is 265 g/mol. The maximum Gasteiger partial charge on any atom is 0.126 e. The Balaban J connectivity index is 2.74. The Hall–Kier alpha value is -0.960. The van der Waals surface area contributed by atoms with Gasteiger partial charge in [-0.25, -0.2) is 9.97 Å². The minimum Gasteiger partial charge on any atom is -0.238 e. The van der Waals surface area contributed by atoms with Crippen molar-refractivity contribution in [3.05, 3.63) is 34.2 Å². The molecule has 78 valence electrons. The molecule has 2 aromatic rings. The topological polar surface area (TPSA) is 25.8 Å². The highest BCUT2D eigenvalue weighted by Crippen LogP contribution is 2.24. The van der Waals surface area contributed by atoms with Crippen molar-refractivity contribution in [1.29, 1.82) is 0 Å². The predicted molar refractivity (Wildman–Crippen MR) is 66.0 cm³/mol. The molecule has 0 radical (unpaired) electrons. The van der Waals surface area contributed by atoms with Crippen molar-refractivity contribution in [3.63, 3.8) is 0 Å². The third kappa shape index (κ3) is 2.02. The van der Waals surface area contributed by atoms with Crippen LogP contribution in [0.3, 0.4) is 0 Å². The number of aryl methyl sites for hydroxylation is 2. The first-order chi connectivity index (χ1) is 7.22. The van der Waals surface area contributed by atoms with E-state index in [1.165, 1.54) is 0 Å². The number of fused-ring (bicyclic) bond motifs is 1. The van der Waals surface area contributed by atoms with Crippen LogP contribution in [0.5, 0.6) is 0 Å². The van der Waals surface area contributed by atoms with E-state index in [0.717, 1.165) is 39.7 Å². The van der Waals surface area contributed by atoms with Crippen molar-refractivity contribution < 1.29 is 0 Å². The van der Waals surface area contributed by atoms with Gasteiger partial charge in [0.25, 0.3) is 0 Å². The van der Waals surface area contributed by atoms with Gasteiger partial charge in [-0.15, -0.1) is 0 Å². The second kappa shape index (κ2) is 4.27. The molecular weight excluding hydrogens is 252 g/mol. The summed E-state index contributed by atoms with van der Waals surface area (Å²) in [6, 6.07) is 6.14. The van der Waals surface area contributed by atoms with Crippen molar-refractivity contribution >= 4 is 26.8 Å². The van der Waals surface area contributed by atoms with Crippen LogP contribution >= 0.6 is 15.9 Å². The third-order valence-corrected chi connectivity index (χ3v) is 2.99. The number of benzene rings is 1. The summed E-state index contributed by atoms with van der Waals surface area (Å²) in [5, 5.41) is 1.16. The zero-order chi connectivity index (χ0) is 10.8. The summed E-state index contributed by atoms with van der Waals surface area (Å²) >= 11 is 3.53. The van der Waals surface area contributed by atoms with Crippen LogP contribution in [0.15, 0.2) is 22.7 Å². The van der Waals surface area contributed by atoms with E-state index in [9.17, 15) is 0 Å². The molecule has 0 amide bonds. The van der Waals surface area contributed by atoms with Gasteiger partial charge >= 0.3 is 0 Å². The molecule has 3 heteroatoms. The van der Waals surface area contributed by atoms with Gasteiger partial charge in [0.05, 0.1) is 11.2 Å². The second-order valence-electron chi connectivity index (χ2n) is 3.60. The number of para-hydroxylation sites is 1. The predicted octanol–water partition coefficient (Wildman–Crippen LogP) is 3.65. The quantitative estimate of drug-likeness (QED) is 0.828. The Bertz CT molecular complexity index is 494.